The van der Waals surface area contributed by atoms with Crippen LogP contribution in [0.15, 0.2) is 35.2 Å². The van der Waals surface area contributed by atoms with Crippen LogP contribution in [0, 0.1) is 6.92 Å². The second-order valence-corrected chi connectivity index (χ2v) is 8.66. The molecule has 0 atom stereocenters. The molecule has 1 aliphatic carbocycles. The van der Waals surface area contributed by atoms with Gasteiger partial charge in [-0.15, -0.1) is 23.1 Å². The van der Waals surface area contributed by atoms with Gasteiger partial charge in [-0.25, -0.2) is 4.79 Å². The lowest BCUT2D eigenvalue weighted by molar-refractivity contribution is -0.124. The minimum Gasteiger partial charge on any atom is -0.451 e. The minimum atomic E-state index is -0.395. The van der Waals surface area contributed by atoms with Crippen LogP contribution < -0.4 is 5.32 Å². The molecule has 1 aromatic carbocycles. The maximum Gasteiger partial charge on any atom is 0.348 e. The summed E-state index contributed by atoms with van der Waals surface area (Å²) in [6, 6.07) is 10.2. The molecule has 0 saturated carbocycles. The van der Waals surface area contributed by atoms with E-state index in [1.54, 1.807) is 11.8 Å². The zero-order valence-electron chi connectivity index (χ0n) is 14.9. The SMILES string of the molecule is Cc1ccc(SCCNC(=O)COC(=O)c2cc3c(s2)CCCC3)cc1. The van der Waals surface area contributed by atoms with Crippen LogP contribution in [0.4, 0.5) is 0 Å². The third-order valence-corrected chi connectivity index (χ3v) is 6.48. The van der Waals surface area contributed by atoms with E-state index in [4.69, 9.17) is 4.74 Å². The molecule has 138 valence electrons. The van der Waals surface area contributed by atoms with E-state index in [1.807, 2.05) is 6.07 Å². The lowest BCUT2D eigenvalue weighted by atomic mass is 9.99. The highest BCUT2D eigenvalue weighted by atomic mass is 32.2. The molecule has 0 saturated heterocycles. The Kier molecular flexibility index (Phi) is 6.74. The Labute approximate surface area is 162 Å². The Morgan fingerprint density at radius 3 is 2.73 bits per heavy atom. The number of ether oxygens (including phenoxy) is 1. The van der Waals surface area contributed by atoms with Crippen molar-refractivity contribution >= 4 is 35.0 Å². The summed E-state index contributed by atoms with van der Waals surface area (Å²) in [5.41, 5.74) is 2.50. The van der Waals surface area contributed by atoms with Crippen molar-refractivity contribution in [3.05, 3.63) is 51.2 Å². The second kappa shape index (κ2) is 9.24. The van der Waals surface area contributed by atoms with Crippen molar-refractivity contribution in [1.29, 1.82) is 0 Å². The molecule has 1 aliphatic rings. The van der Waals surface area contributed by atoms with Gasteiger partial charge < -0.3 is 10.1 Å². The number of aryl methyl sites for hydroxylation is 3. The first-order valence-corrected chi connectivity index (χ1v) is 10.7. The number of carbonyl (C=O) groups is 2. The van der Waals surface area contributed by atoms with Crippen LogP contribution in [-0.2, 0) is 22.4 Å². The summed E-state index contributed by atoms with van der Waals surface area (Å²) in [6.45, 7) is 2.38. The first-order chi connectivity index (χ1) is 12.6. The molecule has 2 aromatic rings. The number of thioether (sulfide) groups is 1. The van der Waals surface area contributed by atoms with E-state index >= 15 is 0 Å². The highest BCUT2D eigenvalue weighted by Crippen LogP contribution is 2.30. The Hall–Kier alpha value is -1.79. The monoisotopic (exact) mass is 389 g/mol. The molecule has 1 N–H and O–H groups in total. The van der Waals surface area contributed by atoms with E-state index < -0.39 is 5.97 Å². The highest BCUT2D eigenvalue weighted by Gasteiger charge is 2.18. The van der Waals surface area contributed by atoms with Crippen LogP contribution >= 0.6 is 23.1 Å². The summed E-state index contributed by atoms with van der Waals surface area (Å²) in [4.78, 5) is 27.0. The fourth-order valence-corrected chi connectivity index (χ4v) is 4.75. The standard InChI is InChI=1S/C20H23NO3S2/c1-14-6-8-16(9-7-14)25-11-10-21-19(22)13-24-20(23)18-12-15-4-2-3-5-17(15)26-18/h6-9,12H,2-5,10-11,13H2,1H3,(H,21,22). The van der Waals surface area contributed by atoms with Gasteiger partial charge in [0, 0.05) is 22.1 Å². The van der Waals surface area contributed by atoms with Gasteiger partial charge in [-0.3, -0.25) is 4.79 Å². The van der Waals surface area contributed by atoms with Gasteiger partial charge in [0.05, 0.1) is 0 Å². The molecule has 0 aliphatic heterocycles. The zero-order chi connectivity index (χ0) is 18.4. The normalized spacial score (nSPS) is 13.1. The lowest BCUT2D eigenvalue weighted by Crippen LogP contribution is -2.30. The largest absolute Gasteiger partial charge is 0.451 e. The second-order valence-electron chi connectivity index (χ2n) is 6.35. The highest BCUT2D eigenvalue weighted by molar-refractivity contribution is 7.99. The van der Waals surface area contributed by atoms with E-state index in [1.165, 1.54) is 45.1 Å². The summed E-state index contributed by atoms with van der Waals surface area (Å²) in [7, 11) is 0. The van der Waals surface area contributed by atoms with Gasteiger partial charge in [-0.05, 0) is 56.4 Å². The van der Waals surface area contributed by atoms with E-state index in [-0.39, 0.29) is 12.5 Å². The van der Waals surface area contributed by atoms with E-state index in [9.17, 15) is 9.59 Å². The van der Waals surface area contributed by atoms with Crippen LogP contribution in [0.25, 0.3) is 0 Å². The fraction of sp³-hybridized carbons (Fsp3) is 0.400. The Bertz CT molecular complexity index is 744. The Morgan fingerprint density at radius 2 is 1.96 bits per heavy atom. The Morgan fingerprint density at radius 1 is 1.19 bits per heavy atom. The molecule has 26 heavy (non-hydrogen) atoms. The van der Waals surface area contributed by atoms with Gasteiger partial charge in [0.2, 0.25) is 0 Å². The first-order valence-electron chi connectivity index (χ1n) is 8.87. The number of thiophene rings is 1. The van der Waals surface area contributed by atoms with Crippen LogP contribution in [0.3, 0.4) is 0 Å². The summed E-state index contributed by atoms with van der Waals surface area (Å²) in [5.74, 6) is 0.123. The topological polar surface area (TPSA) is 55.4 Å². The summed E-state index contributed by atoms with van der Waals surface area (Å²) < 4.78 is 5.15. The zero-order valence-corrected chi connectivity index (χ0v) is 16.5. The first kappa shape index (κ1) is 19.0. The molecule has 6 heteroatoms. The maximum absolute atomic E-state index is 12.1. The van der Waals surface area contributed by atoms with E-state index in [2.05, 4.69) is 36.5 Å². The van der Waals surface area contributed by atoms with Crippen LogP contribution in [-0.4, -0.2) is 30.8 Å². The lowest BCUT2D eigenvalue weighted by Gasteiger charge is -2.08. The van der Waals surface area contributed by atoms with Crippen LogP contribution in [0.5, 0.6) is 0 Å². The molecule has 0 spiro atoms. The fourth-order valence-electron chi connectivity index (χ4n) is 2.84. The average Bonchev–Trinajstić information content (AvgIpc) is 3.09. The maximum atomic E-state index is 12.1. The molecule has 4 nitrogen and oxygen atoms in total. The number of esters is 1. The molecule has 1 amide bonds. The Balaban J connectivity index is 1.35. The number of fused-ring (bicyclic) bond motifs is 1. The van der Waals surface area contributed by atoms with Crippen molar-refractivity contribution < 1.29 is 14.3 Å². The van der Waals surface area contributed by atoms with Gasteiger partial charge in [0.1, 0.15) is 4.88 Å². The van der Waals surface area contributed by atoms with Crippen LogP contribution in [0.1, 0.15) is 38.5 Å². The van der Waals surface area contributed by atoms with E-state index in [0.717, 1.165) is 18.6 Å². The molecule has 1 aromatic heterocycles. The third-order valence-electron chi connectivity index (χ3n) is 4.25. The van der Waals surface area contributed by atoms with Crippen molar-refractivity contribution in [3.63, 3.8) is 0 Å². The number of benzene rings is 1. The molecule has 3 rings (SSSR count). The average molecular weight is 390 g/mol. The van der Waals surface area contributed by atoms with Gasteiger partial charge >= 0.3 is 5.97 Å². The molecule has 1 heterocycles. The minimum absolute atomic E-state index is 0.226. The molecular formula is C20H23NO3S2. The van der Waals surface area contributed by atoms with Crippen molar-refractivity contribution in [1.82, 2.24) is 5.32 Å². The van der Waals surface area contributed by atoms with Gasteiger partial charge in [0.15, 0.2) is 6.61 Å². The van der Waals surface area contributed by atoms with Crippen molar-refractivity contribution in [2.75, 3.05) is 18.9 Å². The smallest absolute Gasteiger partial charge is 0.348 e. The predicted molar refractivity (Wildman–Crippen MR) is 106 cm³/mol. The van der Waals surface area contributed by atoms with Crippen LogP contribution in [0.2, 0.25) is 0 Å². The number of rotatable bonds is 7. The molecule has 0 fully saturated rings. The summed E-state index contributed by atoms with van der Waals surface area (Å²) in [5, 5.41) is 2.79. The van der Waals surface area contributed by atoms with E-state index in [0.29, 0.717) is 11.4 Å². The van der Waals surface area contributed by atoms with Gasteiger partial charge in [-0.1, -0.05) is 17.7 Å². The number of hydrogen-bond acceptors (Lipinski definition) is 5. The van der Waals surface area contributed by atoms with Crippen molar-refractivity contribution in [2.24, 2.45) is 0 Å². The molecule has 0 radical (unpaired) electrons. The molecule has 0 bridgehead atoms. The van der Waals surface area contributed by atoms with Gasteiger partial charge in [-0.2, -0.15) is 0 Å². The molecular weight excluding hydrogens is 366 g/mol. The number of nitrogens with one attached hydrogen (secondary N) is 1. The molecule has 0 unspecified atom stereocenters. The number of amides is 1. The predicted octanol–water partition coefficient (Wildman–Crippen LogP) is 4.00. The number of hydrogen-bond donors (Lipinski definition) is 1. The summed E-state index contributed by atoms with van der Waals surface area (Å²) in [6.07, 6.45) is 4.46. The van der Waals surface area contributed by atoms with Crippen molar-refractivity contribution in [2.45, 2.75) is 37.5 Å². The third kappa shape index (κ3) is 5.35. The van der Waals surface area contributed by atoms with Gasteiger partial charge in [0.25, 0.3) is 5.91 Å². The van der Waals surface area contributed by atoms with Crippen molar-refractivity contribution in [3.8, 4) is 0 Å². The quantitative estimate of drug-likeness (QED) is 0.442. The number of carbonyl (C=O) groups excluding carboxylic acids is 2. The summed E-state index contributed by atoms with van der Waals surface area (Å²) >= 11 is 3.19.